The molecule has 8 nitrogen and oxygen atoms in total. The van der Waals surface area contributed by atoms with Crippen LogP contribution in [0.1, 0.15) is 44.5 Å². The van der Waals surface area contributed by atoms with Crippen molar-refractivity contribution in [3.63, 3.8) is 0 Å². The molecule has 0 spiro atoms. The van der Waals surface area contributed by atoms with Crippen LogP contribution in [0.15, 0.2) is 4.90 Å². The zero-order valence-corrected chi connectivity index (χ0v) is 17.5. The molecule has 0 aliphatic carbocycles. The maximum absolute atomic E-state index is 13.1. The lowest BCUT2D eigenvalue weighted by Crippen LogP contribution is -2.48. The van der Waals surface area contributed by atoms with Gasteiger partial charge in [-0.1, -0.05) is 0 Å². The van der Waals surface area contributed by atoms with E-state index in [0.29, 0.717) is 37.7 Å². The molecule has 2 atom stereocenters. The van der Waals surface area contributed by atoms with E-state index < -0.39 is 10.0 Å². The predicted octanol–water partition coefficient (Wildman–Crippen LogP) is 1.31. The third-order valence-corrected chi connectivity index (χ3v) is 7.80. The molecule has 3 rings (SSSR count). The van der Waals surface area contributed by atoms with Gasteiger partial charge in [-0.05, 0) is 47.0 Å². The van der Waals surface area contributed by atoms with Crippen molar-refractivity contribution in [1.82, 2.24) is 19.0 Å². The Labute approximate surface area is 161 Å². The van der Waals surface area contributed by atoms with Gasteiger partial charge < -0.3 is 9.64 Å². The molecule has 2 saturated heterocycles. The number of carbonyl (C=O) groups excluding carboxylic acids is 1. The summed E-state index contributed by atoms with van der Waals surface area (Å²) in [6, 6.07) is 0.407. The van der Waals surface area contributed by atoms with Gasteiger partial charge in [0.05, 0.1) is 24.6 Å². The minimum atomic E-state index is -3.64. The highest BCUT2D eigenvalue weighted by molar-refractivity contribution is 7.89. The van der Waals surface area contributed by atoms with E-state index in [0.717, 1.165) is 19.3 Å². The number of piperidine rings is 1. The van der Waals surface area contributed by atoms with Gasteiger partial charge in [0.15, 0.2) is 0 Å². The number of amides is 1. The summed E-state index contributed by atoms with van der Waals surface area (Å²) in [5.74, 6) is -0.00406. The van der Waals surface area contributed by atoms with Gasteiger partial charge in [0.25, 0.3) is 0 Å². The van der Waals surface area contributed by atoms with Crippen LogP contribution in [-0.4, -0.2) is 71.7 Å². The molecule has 0 bridgehead atoms. The van der Waals surface area contributed by atoms with Crippen LogP contribution >= 0.6 is 0 Å². The third kappa shape index (κ3) is 3.90. The molecule has 9 heteroatoms. The summed E-state index contributed by atoms with van der Waals surface area (Å²) in [7, 11) is -3.64. The second-order valence-corrected chi connectivity index (χ2v) is 9.48. The Kier molecular flexibility index (Phi) is 5.93. The molecule has 2 aliphatic rings. The molecule has 2 unspecified atom stereocenters. The van der Waals surface area contributed by atoms with Gasteiger partial charge in [0.1, 0.15) is 11.4 Å². The van der Waals surface area contributed by atoms with Gasteiger partial charge in [-0.2, -0.15) is 9.40 Å². The van der Waals surface area contributed by atoms with Crippen molar-refractivity contribution in [2.45, 2.75) is 70.5 Å². The van der Waals surface area contributed by atoms with E-state index in [1.165, 1.54) is 4.31 Å². The van der Waals surface area contributed by atoms with E-state index in [9.17, 15) is 13.2 Å². The standard InChI is InChI=1S/C18H30N4O4S/c1-13-6-5-7-14(2)22(13)17(23)12-21-16(4)18(15(3)19-21)27(24,25)20-8-10-26-11-9-20/h13-14H,5-12H2,1-4H3. The number of sulfonamides is 1. The lowest BCUT2D eigenvalue weighted by molar-refractivity contribution is -0.138. The number of aromatic nitrogens is 2. The SMILES string of the molecule is Cc1nn(CC(=O)N2C(C)CCCC2C)c(C)c1S(=O)(=O)N1CCOCC1. The van der Waals surface area contributed by atoms with Crippen LogP contribution in [0.4, 0.5) is 0 Å². The molecule has 0 radical (unpaired) electrons. The Balaban J connectivity index is 1.84. The summed E-state index contributed by atoms with van der Waals surface area (Å²) in [5.41, 5.74) is 0.955. The topological polar surface area (TPSA) is 84.7 Å². The van der Waals surface area contributed by atoms with Gasteiger partial charge in [-0.25, -0.2) is 8.42 Å². The van der Waals surface area contributed by atoms with Crippen molar-refractivity contribution >= 4 is 15.9 Å². The number of morpholine rings is 1. The van der Waals surface area contributed by atoms with Gasteiger partial charge in [-0.3, -0.25) is 9.48 Å². The molecule has 0 N–H and O–H groups in total. The van der Waals surface area contributed by atoms with E-state index in [4.69, 9.17) is 4.74 Å². The number of rotatable bonds is 4. The molecular weight excluding hydrogens is 368 g/mol. The highest BCUT2D eigenvalue weighted by atomic mass is 32.2. The number of hydrogen-bond donors (Lipinski definition) is 0. The van der Waals surface area contributed by atoms with E-state index in [1.807, 2.05) is 4.90 Å². The van der Waals surface area contributed by atoms with Crippen LogP contribution in [0.5, 0.6) is 0 Å². The number of aryl methyl sites for hydroxylation is 1. The van der Waals surface area contributed by atoms with Gasteiger partial charge >= 0.3 is 0 Å². The summed E-state index contributed by atoms with van der Waals surface area (Å²) in [5, 5.41) is 4.39. The second-order valence-electron chi connectivity index (χ2n) is 7.60. The normalized spacial score (nSPS) is 25.0. The molecule has 1 aromatic rings. The first-order chi connectivity index (χ1) is 12.7. The van der Waals surface area contributed by atoms with Crippen LogP contribution in [0, 0.1) is 13.8 Å². The Bertz CT molecular complexity index is 789. The number of ether oxygens (including phenoxy) is 1. The smallest absolute Gasteiger partial charge is 0.246 e. The Morgan fingerprint density at radius 1 is 1.15 bits per heavy atom. The zero-order valence-electron chi connectivity index (χ0n) is 16.6. The monoisotopic (exact) mass is 398 g/mol. The summed E-state index contributed by atoms with van der Waals surface area (Å²) in [4.78, 5) is 15.0. The van der Waals surface area contributed by atoms with Gasteiger partial charge in [0.2, 0.25) is 15.9 Å². The Morgan fingerprint density at radius 2 is 1.74 bits per heavy atom. The number of likely N-dealkylation sites (tertiary alicyclic amines) is 1. The van der Waals surface area contributed by atoms with Gasteiger partial charge in [-0.15, -0.1) is 0 Å². The molecule has 3 heterocycles. The summed E-state index contributed by atoms with van der Waals surface area (Å²) < 4.78 is 34.3. The Hall–Kier alpha value is -1.45. The van der Waals surface area contributed by atoms with Crippen molar-refractivity contribution in [1.29, 1.82) is 0 Å². The van der Waals surface area contributed by atoms with E-state index in [1.54, 1.807) is 18.5 Å². The summed E-state index contributed by atoms with van der Waals surface area (Å²) in [6.07, 6.45) is 3.14. The fourth-order valence-electron chi connectivity index (χ4n) is 4.25. The summed E-state index contributed by atoms with van der Waals surface area (Å²) >= 11 is 0. The molecule has 1 amide bonds. The Morgan fingerprint density at radius 3 is 2.33 bits per heavy atom. The average Bonchev–Trinajstić information content (AvgIpc) is 2.89. The van der Waals surface area contributed by atoms with E-state index in [-0.39, 0.29) is 29.4 Å². The van der Waals surface area contributed by atoms with Crippen molar-refractivity contribution in [2.24, 2.45) is 0 Å². The molecule has 152 valence electrons. The highest BCUT2D eigenvalue weighted by Gasteiger charge is 2.34. The molecule has 27 heavy (non-hydrogen) atoms. The van der Waals surface area contributed by atoms with Crippen LogP contribution in [0.2, 0.25) is 0 Å². The quantitative estimate of drug-likeness (QED) is 0.763. The fourth-order valence-corrected chi connectivity index (χ4v) is 6.03. The van der Waals surface area contributed by atoms with Crippen molar-refractivity contribution in [2.75, 3.05) is 26.3 Å². The predicted molar refractivity (Wildman–Crippen MR) is 101 cm³/mol. The zero-order chi connectivity index (χ0) is 19.8. The first-order valence-corrected chi connectivity index (χ1v) is 11.1. The van der Waals surface area contributed by atoms with Crippen molar-refractivity contribution in [3.05, 3.63) is 11.4 Å². The highest BCUT2D eigenvalue weighted by Crippen LogP contribution is 2.26. The maximum Gasteiger partial charge on any atom is 0.246 e. The second kappa shape index (κ2) is 7.89. The van der Waals surface area contributed by atoms with Crippen LogP contribution in [0.25, 0.3) is 0 Å². The number of nitrogens with zero attached hydrogens (tertiary/aromatic N) is 4. The minimum Gasteiger partial charge on any atom is -0.379 e. The lowest BCUT2D eigenvalue weighted by Gasteiger charge is -2.39. The van der Waals surface area contributed by atoms with Crippen LogP contribution in [-0.2, 0) is 26.1 Å². The fraction of sp³-hybridized carbons (Fsp3) is 0.778. The maximum atomic E-state index is 13.1. The van der Waals surface area contributed by atoms with Crippen molar-refractivity contribution in [3.8, 4) is 0 Å². The summed E-state index contributed by atoms with van der Waals surface area (Å²) in [6.45, 7) is 9.11. The lowest BCUT2D eigenvalue weighted by atomic mass is 9.97. The van der Waals surface area contributed by atoms with E-state index in [2.05, 4.69) is 18.9 Å². The first-order valence-electron chi connectivity index (χ1n) is 9.66. The molecule has 2 aliphatic heterocycles. The average molecular weight is 399 g/mol. The van der Waals surface area contributed by atoms with Crippen molar-refractivity contribution < 1.29 is 17.9 Å². The van der Waals surface area contributed by atoms with Gasteiger partial charge in [0, 0.05) is 25.2 Å². The van der Waals surface area contributed by atoms with Crippen LogP contribution < -0.4 is 0 Å². The molecule has 0 saturated carbocycles. The molecule has 0 aromatic carbocycles. The molecular formula is C18H30N4O4S. The largest absolute Gasteiger partial charge is 0.379 e. The number of hydrogen-bond acceptors (Lipinski definition) is 5. The first kappa shape index (κ1) is 20.3. The molecule has 2 fully saturated rings. The van der Waals surface area contributed by atoms with Crippen LogP contribution in [0.3, 0.4) is 0 Å². The third-order valence-electron chi connectivity index (χ3n) is 5.65. The van der Waals surface area contributed by atoms with E-state index >= 15 is 0 Å². The minimum absolute atomic E-state index is 0.00406. The molecule has 1 aromatic heterocycles. The number of carbonyl (C=O) groups is 1.